The first kappa shape index (κ1) is 19.1. The van der Waals surface area contributed by atoms with E-state index in [1.54, 1.807) is 41.3 Å². The smallest absolute Gasteiger partial charge is 0.255 e. The van der Waals surface area contributed by atoms with Crippen LogP contribution in [-0.2, 0) is 4.79 Å². The van der Waals surface area contributed by atoms with Crippen LogP contribution in [0, 0.1) is 5.41 Å². The predicted octanol–water partition coefficient (Wildman–Crippen LogP) is 3.83. The van der Waals surface area contributed by atoms with Crippen LogP contribution in [-0.4, -0.2) is 31.8 Å². The second kappa shape index (κ2) is 7.31. The van der Waals surface area contributed by atoms with Crippen molar-refractivity contribution < 1.29 is 23.8 Å². The number of ether oxygens (including phenoxy) is 3. The van der Waals surface area contributed by atoms with E-state index in [-0.39, 0.29) is 18.6 Å². The molecule has 2 heterocycles. The fourth-order valence-electron chi connectivity index (χ4n) is 3.41. The lowest BCUT2D eigenvalue weighted by atomic mass is 9.93. The molecule has 2 amide bonds. The van der Waals surface area contributed by atoms with Gasteiger partial charge in [0.15, 0.2) is 11.5 Å². The van der Waals surface area contributed by atoms with Crippen molar-refractivity contribution in [2.45, 2.75) is 27.2 Å². The van der Waals surface area contributed by atoms with Crippen molar-refractivity contribution in [2.24, 2.45) is 5.41 Å². The predicted molar refractivity (Wildman–Crippen MR) is 109 cm³/mol. The van der Waals surface area contributed by atoms with Crippen LogP contribution in [0.15, 0.2) is 36.4 Å². The van der Waals surface area contributed by atoms with Crippen molar-refractivity contribution >= 4 is 23.2 Å². The van der Waals surface area contributed by atoms with Crippen LogP contribution in [0.25, 0.3) is 0 Å². The normalized spacial score (nSPS) is 16.7. The molecule has 2 aromatic rings. The first-order valence-electron chi connectivity index (χ1n) is 9.69. The van der Waals surface area contributed by atoms with Gasteiger partial charge in [-0.2, -0.15) is 0 Å². The summed E-state index contributed by atoms with van der Waals surface area (Å²) < 4.78 is 16.5. The Labute approximate surface area is 169 Å². The monoisotopic (exact) mass is 396 g/mol. The minimum Gasteiger partial charge on any atom is -0.490 e. The van der Waals surface area contributed by atoms with Gasteiger partial charge in [-0.25, -0.2) is 0 Å². The molecule has 1 N–H and O–H groups in total. The fraction of sp³-hybridized carbons (Fsp3) is 0.364. The van der Waals surface area contributed by atoms with E-state index < -0.39 is 5.41 Å². The first-order valence-corrected chi connectivity index (χ1v) is 9.69. The molecule has 0 spiro atoms. The summed E-state index contributed by atoms with van der Waals surface area (Å²) in [6.45, 7) is 6.83. The molecule has 0 fully saturated rings. The minimum absolute atomic E-state index is 0.0114. The van der Waals surface area contributed by atoms with Crippen molar-refractivity contribution in [1.29, 1.82) is 0 Å². The highest BCUT2D eigenvalue weighted by molar-refractivity contribution is 6.06. The zero-order valence-corrected chi connectivity index (χ0v) is 16.8. The number of fused-ring (bicyclic) bond motifs is 2. The van der Waals surface area contributed by atoms with Gasteiger partial charge >= 0.3 is 0 Å². The average molecular weight is 396 g/mol. The van der Waals surface area contributed by atoms with Crippen LogP contribution < -0.4 is 24.4 Å². The van der Waals surface area contributed by atoms with E-state index >= 15 is 0 Å². The van der Waals surface area contributed by atoms with Crippen LogP contribution >= 0.6 is 0 Å². The van der Waals surface area contributed by atoms with Crippen molar-refractivity contribution in [3.05, 3.63) is 42.0 Å². The Bertz CT molecular complexity index is 970. The van der Waals surface area contributed by atoms with Gasteiger partial charge in [0, 0.05) is 17.8 Å². The van der Waals surface area contributed by atoms with Crippen LogP contribution in [0.4, 0.5) is 11.4 Å². The quantitative estimate of drug-likeness (QED) is 0.850. The third kappa shape index (κ3) is 3.60. The largest absolute Gasteiger partial charge is 0.490 e. The molecule has 7 nitrogen and oxygen atoms in total. The average Bonchev–Trinajstić information content (AvgIpc) is 3.15. The Morgan fingerprint density at radius 2 is 1.83 bits per heavy atom. The molecule has 0 bridgehead atoms. The van der Waals surface area contributed by atoms with Crippen molar-refractivity contribution in [1.82, 2.24) is 0 Å². The summed E-state index contributed by atoms with van der Waals surface area (Å²) in [5.41, 5.74) is 1.10. The summed E-state index contributed by atoms with van der Waals surface area (Å²) in [4.78, 5) is 27.5. The zero-order valence-electron chi connectivity index (χ0n) is 16.8. The Morgan fingerprint density at radius 3 is 2.62 bits per heavy atom. The molecule has 0 saturated heterocycles. The number of carbonyl (C=O) groups is 2. The number of rotatable bonds is 4. The molecular weight excluding hydrogens is 372 g/mol. The number of anilines is 2. The van der Waals surface area contributed by atoms with Gasteiger partial charge in [-0.15, -0.1) is 0 Å². The van der Waals surface area contributed by atoms with E-state index in [0.717, 1.165) is 6.42 Å². The van der Waals surface area contributed by atoms with Crippen LogP contribution in [0.2, 0.25) is 0 Å². The number of hydrogen-bond donors (Lipinski definition) is 1. The maximum atomic E-state index is 13.0. The molecule has 2 aliphatic heterocycles. The van der Waals surface area contributed by atoms with E-state index in [9.17, 15) is 9.59 Å². The maximum Gasteiger partial charge on any atom is 0.255 e. The van der Waals surface area contributed by atoms with E-state index in [0.29, 0.717) is 47.3 Å². The second-order valence-electron chi connectivity index (χ2n) is 7.83. The molecule has 0 atom stereocenters. The van der Waals surface area contributed by atoms with Gasteiger partial charge in [0.05, 0.1) is 11.1 Å². The Balaban J connectivity index is 1.61. The van der Waals surface area contributed by atoms with Crippen LogP contribution in [0.3, 0.4) is 0 Å². The van der Waals surface area contributed by atoms with Gasteiger partial charge in [0.25, 0.3) is 5.91 Å². The highest BCUT2D eigenvalue weighted by Crippen LogP contribution is 2.38. The number of hydrogen-bond acceptors (Lipinski definition) is 5. The number of carbonyl (C=O) groups excluding carboxylic acids is 2. The lowest BCUT2D eigenvalue weighted by molar-refractivity contribution is -0.127. The van der Waals surface area contributed by atoms with Gasteiger partial charge in [0.2, 0.25) is 12.7 Å². The third-order valence-electron chi connectivity index (χ3n) is 5.00. The molecule has 2 aromatic carbocycles. The lowest BCUT2D eigenvalue weighted by Crippen LogP contribution is -2.42. The topological polar surface area (TPSA) is 77.1 Å². The Morgan fingerprint density at radius 1 is 1.07 bits per heavy atom. The molecule has 29 heavy (non-hydrogen) atoms. The van der Waals surface area contributed by atoms with Gasteiger partial charge in [-0.3, -0.25) is 9.59 Å². The van der Waals surface area contributed by atoms with E-state index in [4.69, 9.17) is 14.2 Å². The van der Waals surface area contributed by atoms with Crippen LogP contribution in [0.1, 0.15) is 37.6 Å². The maximum absolute atomic E-state index is 13.0. The third-order valence-corrected chi connectivity index (χ3v) is 5.00. The van der Waals surface area contributed by atoms with Gasteiger partial charge < -0.3 is 24.4 Å². The van der Waals surface area contributed by atoms with Crippen molar-refractivity contribution in [3.63, 3.8) is 0 Å². The summed E-state index contributed by atoms with van der Waals surface area (Å²) in [5.74, 6) is 1.55. The highest BCUT2D eigenvalue weighted by atomic mass is 16.7. The molecular formula is C22H24N2O5. The molecule has 0 unspecified atom stereocenters. The SMILES string of the molecule is CCCN1C(=O)C(C)(C)COc2ccc(NC(=O)c3ccc4c(c3)OCO4)cc21. The van der Waals surface area contributed by atoms with Gasteiger partial charge in [-0.1, -0.05) is 6.92 Å². The summed E-state index contributed by atoms with van der Waals surface area (Å²) in [6.07, 6.45) is 0.815. The molecule has 4 rings (SSSR count). The number of amides is 2. The molecule has 0 aromatic heterocycles. The highest BCUT2D eigenvalue weighted by Gasteiger charge is 2.37. The van der Waals surface area contributed by atoms with Gasteiger partial charge in [0.1, 0.15) is 12.4 Å². The second-order valence-corrected chi connectivity index (χ2v) is 7.83. The standard InChI is InChI=1S/C22H24N2O5/c1-4-9-24-16-11-15(6-8-17(16)27-12-22(2,3)21(24)26)23-20(25)14-5-7-18-19(10-14)29-13-28-18/h5-8,10-11H,4,9,12-13H2,1-3H3,(H,23,25). The molecule has 7 heteroatoms. The number of nitrogens with one attached hydrogen (secondary N) is 1. The fourth-order valence-corrected chi connectivity index (χ4v) is 3.41. The van der Waals surface area contributed by atoms with Crippen molar-refractivity contribution in [3.8, 4) is 17.2 Å². The summed E-state index contributed by atoms with van der Waals surface area (Å²) in [7, 11) is 0. The van der Waals surface area contributed by atoms with Gasteiger partial charge in [-0.05, 0) is 56.7 Å². The minimum atomic E-state index is -0.621. The molecule has 0 aliphatic carbocycles. The van der Waals surface area contributed by atoms with E-state index in [2.05, 4.69) is 5.32 Å². The zero-order chi connectivity index (χ0) is 20.6. The number of benzene rings is 2. The van der Waals surface area contributed by atoms with Crippen LogP contribution in [0.5, 0.6) is 17.2 Å². The molecule has 0 radical (unpaired) electrons. The molecule has 152 valence electrons. The number of nitrogens with zero attached hydrogens (tertiary/aromatic N) is 1. The Hall–Kier alpha value is -3.22. The summed E-state index contributed by atoms with van der Waals surface area (Å²) in [6, 6.07) is 10.4. The van der Waals surface area contributed by atoms with E-state index in [1.165, 1.54) is 0 Å². The summed E-state index contributed by atoms with van der Waals surface area (Å²) in [5, 5.41) is 2.89. The molecule has 2 aliphatic rings. The first-order chi connectivity index (χ1) is 13.9. The van der Waals surface area contributed by atoms with Crippen molar-refractivity contribution in [2.75, 3.05) is 30.2 Å². The summed E-state index contributed by atoms with van der Waals surface area (Å²) >= 11 is 0. The Kier molecular flexibility index (Phi) is 4.82. The molecule has 0 saturated carbocycles. The lowest BCUT2D eigenvalue weighted by Gasteiger charge is -2.27. The van der Waals surface area contributed by atoms with E-state index in [1.807, 2.05) is 20.8 Å².